The number of hydrogen-bond acceptors (Lipinski definition) is 4. The van der Waals surface area contributed by atoms with Crippen molar-refractivity contribution in [2.24, 2.45) is 0 Å². The van der Waals surface area contributed by atoms with Crippen molar-refractivity contribution < 1.29 is 4.79 Å². The molecule has 0 radical (unpaired) electrons. The monoisotopic (exact) mass is 264 g/mol. The van der Waals surface area contributed by atoms with Crippen LogP contribution in [-0.2, 0) is 6.42 Å². The molecule has 3 nitrogen and oxygen atoms in total. The summed E-state index contributed by atoms with van der Waals surface area (Å²) in [4.78, 5) is 16.3. The lowest BCUT2D eigenvalue weighted by atomic mass is 10.2. The zero-order chi connectivity index (χ0) is 13.5. The molecule has 1 heterocycles. The Morgan fingerprint density at radius 2 is 2.22 bits per heavy atom. The van der Waals surface area contributed by atoms with Crippen molar-refractivity contribution in [2.75, 3.05) is 13.1 Å². The van der Waals surface area contributed by atoms with Crippen molar-refractivity contribution in [3.8, 4) is 6.07 Å². The van der Waals surface area contributed by atoms with Gasteiger partial charge in [0.1, 0.15) is 0 Å². The highest BCUT2D eigenvalue weighted by molar-refractivity contribution is 7.14. The van der Waals surface area contributed by atoms with Gasteiger partial charge in [0, 0.05) is 23.9 Å². The molecular formula is C14H20N2OS. The third kappa shape index (κ3) is 4.25. The minimum Gasteiger partial charge on any atom is -0.292 e. The lowest BCUT2D eigenvalue weighted by molar-refractivity contribution is 0.0912. The Hall–Kier alpha value is -1.18. The van der Waals surface area contributed by atoms with E-state index < -0.39 is 0 Å². The largest absolute Gasteiger partial charge is 0.292 e. The van der Waals surface area contributed by atoms with Gasteiger partial charge in [0.25, 0.3) is 0 Å². The van der Waals surface area contributed by atoms with Crippen LogP contribution in [0.15, 0.2) is 12.1 Å². The van der Waals surface area contributed by atoms with Gasteiger partial charge in [0.15, 0.2) is 5.78 Å². The van der Waals surface area contributed by atoms with E-state index in [2.05, 4.69) is 31.7 Å². The van der Waals surface area contributed by atoms with Gasteiger partial charge in [-0.3, -0.25) is 9.69 Å². The fourth-order valence-electron chi connectivity index (χ4n) is 1.69. The Kier molecular flexibility index (Phi) is 6.03. The first-order valence-corrected chi connectivity index (χ1v) is 7.13. The van der Waals surface area contributed by atoms with E-state index in [9.17, 15) is 4.79 Å². The number of aryl methyl sites for hydroxylation is 1. The fraction of sp³-hybridized carbons (Fsp3) is 0.571. The SMILES string of the molecule is CCc1ccc(C(=O)CN(CCC#N)C(C)C)s1. The Labute approximate surface area is 113 Å². The lowest BCUT2D eigenvalue weighted by Gasteiger charge is -2.24. The number of thiophene rings is 1. The molecule has 1 rings (SSSR count). The van der Waals surface area contributed by atoms with E-state index in [4.69, 9.17) is 5.26 Å². The van der Waals surface area contributed by atoms with Gasteiger partial charge in [0.2, 0.25) is 0 Å². The number of rotatable bonds is 7. The smallest absolute Gasteiger partial charge is 0.186 e. The fourth-order valence-corrected chi connectivity index (χ4v) is 2.57. The van der Waals surface area contributed by atoms with Gasteiger partial charge in [0.05, 0.1) is 17.5 Å². The molecule has 0 spiro atoms. The van der Waals surface area contributed by atoms with E-state index >= 15 is 0 Å². The van der Waals surface area contributed by atoms with Crippen LogP contribution >= 0.6 is 11.3 Å². The number of carbonyl (C=O) groups is 1. The molecule has 4 heteroatoms. The molecule has 0 fully saturated rings. The number of hydrogen-bond donors (Lipinski definition) is 0. The Morgan fingerprint density at radius 3 is 2.72 bits per heavy atom. The summed E-state index contributed by atoms with van der Waals surface area (Å²) >= 11 is 1.58. The summed E-state index contributed by atoms with van der Waals surface area (Å²) < 4.78 is 0. The van der Waals surface area contributed by atoms with Gasteiger partial charge in [-0.25, -0.2) is 0 Å². The average Bonchev–Trinajstić information content (AvgIpc) is 2.82. The maximum absolute atomic E-state index is 12.1. The highest BCUT2D eigenvalue weighted by Crippen LogP contribution is 2.18. The molecule has 0 saturated carbocycles. The molecule has 1 aromatic heterocycles. The zero-order valence-electron chi connectivity index (χ0n) is 11.3. The third-order valence-corrected chi connectivity index (χ3v) is 4.14. The molecule has 0 aliphatic rings. The van der Waals surface area contributed by atoms with Gasteiger partial charge in [-0.1, -0.05) is 6.92 Å². The standard InChI is InChI=1S/C14H20N2OS/c1-4-12-6-7-14(18-12)13(17)10-16(11(2)3)9-5-8-15/h6-7,11H,4-5,9-10H2,1-3H3. The average molecular weight is 264 g/mol. The second-order valence-electron chi connectivity index (χ2n) is 4.52. The molecule has 0 aliphatic heterocycles. The van der Waals surface area contributed by atoms with E-state index in [1.54, 1.807) is 11.3 Å². The number of Topliss-reactive ketones (excluding diaryl/α,β-unsaturated/α-hetero) is 1. The van der Waals surface area contributed by atoms with E-state index in [0.717, 1.165) is 11.3 Å². The highest BCUT2D eigenvalue weighted by Gasteiger charge is 2.16. The van der Waals surface area contributed by atoms with Gasteiger partial charge in [-0.2, -0.15) is 5.26 Å². The van der Waals surface area contributed by atoms with Crippen LogP contribution in [-0.4, -0.2) is 29.8 Å². The van der Waals surface area contributed by atoms with Gasteiger partial charge in [-0.15, -0.1) is 11.3 Å². The molecule has 1 aromatic rings. The van der Waals surface area contributed by atoms with Crippen molar-refractivity contribution in [3.63, 3.8) is 0 Å². The Morgan fingerprint density at radius 1 is 1.50 bits per heavy atom. The molecule has 0 bridgehead atoms. The van der Waals surface area contributed by atoms with E-state index in [1.165, 1.54) is 4.88 Å². The Balaban J connectivity index is 2.63. The molecule has 0 saturated heterocycles. The normalized spacial score (nSPS) is 10.9. The summed E-state index contributed by atoms with van der Waals surface area (Å²) in [5.74, 6) is 0.159. The number of ketones is 1. The van der Waals surface area contributed by atoms with E-state index in [-0.39, 0.29) is 11.8 Å². The second-order valence-corrected chi connectivity index (χ2v) is 5.68. The van der Waals surface area contributed by atoms with Gasteiger partial charge >= 0.3 is 0 Å². The van der Waals surface area contributed by atoms with Crippen LogP contribution in [0.5, 0.6) is 0 Å². The van der Waals surface area contributed by atoms with Crippen LogP contribution in [0.3, 0.4) is 0 Å². The molecule has 18 heavy (non-hydrogen) atoms. The first kappa shape index (κ1) is 14.9. The predicted octanol–water partition coefficient (Wildman–Crippen LogP) is 3.12. The number of nitrogens with zero attached hydrogens (tertiary/aromatic N) is 2. The minimum absolute atomic E-state index is 0.159. The molecular weight excluding hydrogens is 244 g/mol. The highest BCUT2D eigenvalue weighted by atomic mass is 32.1. The second kappa shape index (κ2) is 7.30. The summed E-state index contributed by atoms with van der Waals surface area (Å²) in [6.07, 6.45) is 1.44. The molecule has 0 aliphatic carbocycles. The van der Waals surface area contributed by atoms with Crippen molar-refractivity contribution >= 4 is 17.1 Å². The lowest BCUT2D eigenvalue weighted by Crippen LogP contribution is -2.36. The number of nitriles is 1. The molecule has 0 amide bonds. The van der Waals surface area contributed by atoms with Crippen molar-refractivity contribution in [1.82, 2.24) is 4.90 Å². The van der Waals surface area contributed by atoms with Crippen molar-refractivity contribution in [3.05, 3.63) is 21.9 Å². The number of carbonyl (C=O) groups excluding carboxylic acids is 1. The van der Waals surface area contributed by atoms with Crippen LogP contribution < -0.4 is 0 Å². The maximum atomic E-state index is 12.1. The van der Waals surface area contributed by atoms with Crippen molar-refractivity contribution in [1.29, 1.82) is 5.26 Å². The summed E-state index contributed by atoms with van der Waals surface area (Å²) in [6.45, 7) is 7.26. The summed E-state index contributed by atoms with van der Waals surface area (Å²) in [7, 11) is 0. The quantitative estimate of drug-likeness (QED) is 0.711. The van der Waals surface area contributed by atoms with Crippen LogP contribution in [0.1, 0.15) is 41.7 Å². The van der Waals surface area contributed by atoms with Crippen LogP contribution in [0.2, 0.25) is 0 Å². The Bertz CT molecular complexity index is 431. The van der Waals surface area contributed by atoms with E-state index in [0.29, 0.717) is 19.5 Å². The molecule has 0 atom stereocenters. The summed E-state index contributed by atoms with van der Waals surface area (Å²) in [5.41, 5.74) is 0. The predicted molar refractivity (Wildman–Crippen MR) is 75.0 cm³/mol. The summed E-state index contributed by atoms with van der Waals surface area (Å²) in [6, 6.07) is 6.35. The zero-order valence-corrected chi connectivity index (χ0v) is 12.1. The van der Waals surface area contributed by atoms with Gasteiger partial charge < -0.3 is 0 Å². The molecule has 98 valence electrons. The summed E-state index contributed by atoms with van der Waals surface area (Å²) in [5, 5.41) is 8.62. The molecule has 0 aromatic carbocycles. The first-order chi connectivity index (χ1) is 8.58. The van der Waals surface area contributed by atoms with Crippen LogP contribution in [0.25, 0.3) is 0 Å². The third-order valence-electron chi connectivity index (χ3n) is 2.87. The van der Waals surface area contributed by atoms with Crippen LogP contribution in [0.4, 0.5) is 0 Å². The van der Waals surface area contributed by atoms with Crippen molar-refractivity contribution in [2.45, 2.75) is 39.7 Å². The van der Waals surface area contributed by atoms with Crippen LogP contribution in [0, 0.1) is 11.3 Å². The van der Waals surface area contributed by atoms with E-state index in [1.807, 2.05) is 12.1 Å². The molecule has 0 unspecified atom stereocenters. The van der Waals surface area contributed by atoms with Gasteiger partial charge in [-0.05, 0) is 32.4 Å². The maximum Gasteiger partial charge on any atom is 0.186 e. The first-order valence-electron chi connectivity index (χ1n) is 6.31. The minimum atomic E-state index is 0.159. The molecule has 0 N–H and O–H groups in total. The topological polar surface area (TPSA) is 44.1 Å².